The third-order valence-electron chi connectivity index (χ3n) is 4.24. The van der Waals surface area contributed by atoms with Gasteiger partial charge in [0.1, 0.15) is 0 Å². The molecule has 1 aromatic rings. The SMILES string of the molecule is CN(C)C1CCN(CCC(O)c2cccc(Br)c2)CC1. The second kappa shape index (κ2) is 7.55. The Morgan fingerprint density at radius 3 is 2.65 bits per heavy atom. The van der Waals surface area contributed by atoms with Gasteiger partial charge in [0.05, 0.1) is 6.10 Å². The molecule has 1 N–H and O–H groups in total. The fourth-order valence-corrected chi connectivity index (χ4v) is 3.26. The number of likely N-dealkylation sites (tertiary alicyclic amines) is 1. The summed E-state index contributed by atoms with van der Waals surface area (Å²) in [6.07, 6.45) is 2.92. The summed E-state index contributed by atoms with van der Waals surface area (Å²) >= 11 is 3.45. The van der Waals surface area contributed by atoms with Gasteiger partial charge in [-0.1, -0.05) is 28.1 Å². The van der Waals surface area contributed by atoms with Crippen molar-refractivity contribution in [3.05, 3.63) is 34.3 Å². The van der Waals surface area contributed by atoms with Crippen LogP contribution in [0.2, 0.25) is 0 Å². The van der Waals surface area contributed by atoms with Crippen LogP contribution < -0.4 is 0 Å². The van der Waals surface area contributed by atoms with E-state index in [0.717, 1.165) is 42.1 Å². The largest absolute Gasteiger partial charge is 0.388 e. The lowest BCUT2D eigenvalue weighted by Gasteiger charge is -2.35. The Kier molecular flexibility index (Phi) is 6.02. The highest BCUT2D eigenvalue weighted by molar-refractivity contribution is 9.10. The summed E-state index contributed by atoms with van der Waals surface area (Å²) in [6, 6.07) is 8.69. The normalized spacial score (nSPS) is 19.4. The molecule has 3 nitrogen and oxygen atoms in total. The second-order valence-electron chi connectivity index (χ2n) is 5.90. The summed E-state index contributed by atoms with van der Waals surface area (Å²) < 4.78 is 1.03. The van der Waals surface area contributed by atoms with Crippen molar-refractivity contribution in [1.82, 2.24) is 9.80 Å². The highest BCUT2D eigenvalue weighted by Crippen LogP contribution is 2.22. The fourth-order valence-electron chi connectivity index (χ4n) is 2.84. The van der Waals surface area contributed by atoms with Crippen LogP contribution in [0.4, 0.5) is 0 Å². The zero-order valence-electron chi connectivity index (χ0n) is 12.4. The number of benzene rings is 1. The van der Waals surface area contributed by atoms with Crippen molar-refractivity contribution in [2.75, 3.05) is 33.7 Å². The Morgan fingerprint density at radius 2 is 2.05 bits per heavy atom. The van der Waals surface area contributed by atoms with Gasteiger partial charge in [0.25, 0.3) is 0 Å². The average Bonchev–Trinajstić information content (AvgIpc) is 2.45. The van der Waals surface area contributed by atoms with Gasteiger partial charge in [-0.2, -0.15) is 0 Å². The molecule has 0 bridgehead atoms. The predicted octanol–water partition coefficient (Wildman–Crippen LogP) is 2.90. The Morgan fingerprint density at radius 1 is 1.35 bits per heavy atom. The average molecular weight is 341 g/mol. The van der Waals surface area contributed by atoms with E-state index in [0.29, 0.717) is 0 Å². The molecule has 1 heterocycles. The van der Waals surface area contributed by atoms with E-state index in [1.807, 2.05) is 24.3 Å². The maximum absolute atomic E-state index is 10.3. The highest BCUT2D eigenvalue weighted by atomic mass is 79.9. The monoisotopic (exact) mass is 340 g/mol. The lowest BCUT2D eigenvalue weighted by atomic mass is 10.0. The van der Waals surface area contributed by atoms with Crippen molar-refractivity contribution in [2.24, 2.45) is 0 Å². The number of aliphatic hydroxyl groups is 1. The minimum absolute atomic E-state index is 0.362. The van der Waals surface area contributed by atoms with Crippen LogP contribution in [-0.4, -0.2) is 54.7 Å². The molecule has 4 heteroatoms. The highest BCUT2D eigenvalue weighted by Gasteiger charge is 2.21. The minimum Gasteiger partial charge on any atom is -0.388 e. The van der Waals surface area contributed by atoms with Crippen molar-refractivity contribution in [3.8, 4) is 0 Å². The molecule has 2 rings (SSSR count). The van der Waals surface area contributed by atoms with Crippen molar-refractivity contribution in [2.45, 2.75) is 31.4 Å². The Bertz CT molecular complexity index is 417. The van der Waals surface area contributed by atoms with Crippen LogP contribution in [0, 0.1) is 0 Å². The van der Waals surface area contributed by atoms with E-state index in [1.165, 1.54) is 12.8 Å². The molecule has 0 aliphatic carbocycles. The van der Waals surface area contributed by atoms with Gasteiger partial charge in [0, 0.05) is 17.1 Å². The lowest BCUT2D eigenvalue weighted by Crippen LogP contribution is -2.42. The molecule has 1 fully saturated rings. The number of aliphatic hydroxyl groups excluding tert-OH is 1. The van der Waals surface area contributed by atoms with Gasteiger partial charge in [-0.05, 0) is 64.1 Å². The Labute approximate surface area is 130 Å². The number of nitrogens with zero attached hydrogens (tertiary/aromatic N) is 2. The summed E-state index contributed by atoms with van der Waals surface area (Å²) in [7, 11) is 4.33. The third-order valence-corrected chi connectivity index (χ3v) is 4.73. The number of hydrogen-bond donors (Lipinski definition) is 1. The van der Waals surface area contributed by atoms with E-state index in [1.54, 1.807) is 0 Å². The first kappa shape index (κ1) is 16.0. The van der Waals surface area contributed by atoms with Crippen molar-refractivity contribution in [1.29, 1.82) is 0 Å². The fraction of sp³-hybridized carbons (Fsp3) is 0.625. The number of hydrogen-bond acceptors (Lipinski definition) is 3. The van der Waals surface area contributed by atoms with E-state index < -0.39 is 0 Å². The van der Waals surface area contributed by atoms with Crippen molar-refractivity contribution in [3.63, 3.8) is 0 Å². The first-order valence-corrected chi connectivity index (χ1v) is 8.18. The summed E-state index contributed by atoms with van der Waals surface area (Å²) in [6.45, 7) is 3.27. The smallest absolute Gasteiger partial charge is 0.0802 e. The van der Waals surface area contributed by atoms with Crippen LogP contribution in [0.5, 0.6) is 0 Å². The first-order valence-electron chi connectivity index (χ1n) is 7.38. The molecule has 0 radical (unpaired) electrons. The Balaban J connectivity index is 1.76. The van der Waals surface area contributed by atoms with Gasteiger partial charge >= 0.3 is 0 Å². The molecule has 0 aromatic heterocycles. The lowest BCUT2D eigenvalue weighted by molar-refractivity contribution is 0.110. The van der Waals surface area contributed by atoms with Crippen LogP contribution in [-0.2, 0) is 0 Å². The molecule has 0 spiro atoms. The maximum Gasteiger partial charge on any atom is 0.0802 e. The number of piperidine rings is 1. The second-order valence-corrected chi connectivity index (χ2v) is 6.81. The molecule has 1 aromatic carbocycles. The van der Waals surface area contributed by atoms with Crippen LogP contribution in [0.3, 0.4) is 0 Å². The minimum atomic E-state index is -0.362. The van der Waals surface area contributed by atoms with Gasteiger partial charge < -0.3 is 14.9 Å². The van der Waals surface area contributed by atoms with E-state index in [9.17, 15) is 5.11 Å². The van der Waals surface area contributed by atoms with Gasteiger partial charge in [-0.15, -0.1) is 0 Å². The molecule has 20 heavy (non-hydrogen) atoms. The molecule has 1 unspecified atom stereocenters. The summed E-state index contributed by atoms with van der Waals surface area (Å²) in [5, 5.41) is 10.3. The van der Waals surface area contributed by atoms with Crippen molar-refractivity contribution >= 4 is 15.9 Å². The van der Waals surface area contributed by atoms with Crippen LogP contribution in [0.1, 0.15) is 30.9 Å². The molecule has 112 valence electrons. The molecular formula is C16H25BrN2O. The summed E-state index contributed by atoms with van der Waals surface area (Å²) in [5.41, 5.74) is 1.00. The van der Waals surface area contributed by atoms with E-state index in [2.05, 4.69) is 39.8 Å². The topological polar surface area (TPSA) is 26.7 Å². The van der Waals surface area contributed by atoms with E-state index in [-0.39, 0.29) is 6.10 Å². The third kappa shape index (κ3) is 4.55. The quantitative estimate of drug-likeness (QED) is 0.892. The van der Waals surface area contributed by atoms with Gasteiger partial charge in [0.15, 0.2) is 0 Å². The summed E-state index contributed by atoms with van der Waals surface area (Å²) in [5.74, 6) is 0. The molecule has 1 saturated heterocycles. The molecule has 1 aliphatic heterocycles. The molecule has 0 amide bonds. The molecule has 1 atom stereocenters. The van der Waals surface area contributed by atoms with Gasteiger partial charge in [-0.3, -0.25) is 0 Å². The zero-order valence-corrected chi connectivity index (χ0v) is 14.0. The van der Waals surface area contributed by atoms with E-state index in [4.69, 9.17) is 0 Å². The predicted molar refractivity (Wildman–Crippen MR) is 86.9 cm³/mol. The Hall–Kier alpha value is -0.420. The standard InChI is InChI=1S/C16H25BrN2O/c1-18(2)15-6-9-19(10-7-15)11-8-16(20)13-4-3-5-14(17)12-13/h3-5,12,15-16,20H,6-11H2,1-2H3. The maximum atomic E-state index is 10.3. The van der Waals surface area contributed by atoms with Crippen LogP contribution in [0.15, 0.2) is 28.7 Å². The molecule has 0 saturated carbocycles. The van der Waals surface area contributed by atoms with E-state index >= 15 is 0 Å². The van der Waals surface area contributed by atoms with Crippen molar-refractivity contribution < 1.29 is 5.11 Å². The molecular weight excluding hydrogens is 316 g/mol. The first-order chi connectivity index (χ1) is 9.56. The molecule has 1 aliphatic rings. The number of halogens is 1. The summed E-state index contributed by atoms with van der Waals surface area (Å²) in [4.78, 5) is 4.80. The van der Waals surface area contributed by atoms with Gasteiger partial charge in [0.2, 0.25) is 0 Å². The number of rotatable bonds is 5. The van der Waals surface area contributed by atoms with Crippen LogP contribution in [0.25, 0.3) is 0 Å². The zero-order chi connectivity index (χ0) is 14.5. The van der Waals surface area contributed by atoms with Crippen LogP contribution >= 0.6 is 15.9 Å². The van der Waals surface area contributed by atoms with Gasteiger partial charge in [-0.25, -0.2) is 0 Å².